The Labute approximate surface area is 108 Å². The first-order valence-electron chi connectivity index (χ1n) is 6.64. The van der Waals surface area contributed by atoms with E-state index in [1.807, 2.05) is 25.1 Å². The van der Waals surface area contributed by atoms with Crippen molar-refractivity contribution < 1.29 is 9.84 Å². The maximum absolute atomic E-state index is 9.49. The second-order valence-corrected chi connectivity index (χ2v) is 4.86. The van der Waals surface area contributed by atoms with E-state index in [-0.39, 0.29) is 6.10 Å². The number of hydrogen-bond donors (Lipinski definition) is 3. The molecule has 18 heavy (non-hydrogen) atoms. The highest BCUT2D eigenvalue weighted by Crippen LogP contribution is 2.31. The highest BCUT2D eigenvalue weighted by Gasteiger charge is 2.22. The maximum atomic E-state index is 9.49. The molecule has 1 saturated carbocycles. The number of anilines is 2. The first kappa shape index (κ1) is 13.0. The van der Waals surface area contributed by atoms with Gasteiger partial charge in [-0.3, -0.25) is 0 Å². The monoisotopic (exact) mass is 250 g/mol. The SMILES string of the molecule is CCOc1cccc(NCC2CCC(O)C2)c1N. The van der Waals surface area contributed by atoms with Gasteiger partial charge in [-0.25, -0.2) is 0 Å². The van der Waals surface area contributed by atoms with Crippen LogP contribution in [0, 0.1) is 5.92 Å². The van der Waals surface area contributed by atoms with Crippen LogP contribution >= 0.6 is 0 Å². The fraction of sp³-hybridized carbons (Fsp3) is 0.571. The van der Waals surface area contributed by atoms with Gasteiger partial charge in [-0.2, -0.15) is 0 Å². The summed E-state index contributed by atoms with van der Waals surface area (Å²) in [5, 5.41) is 12.9. The summed E-state index contributed by atoms with van der Waals surface area (Å²) in [6, 6.07) is 5.78. The summed E-state index contributed by atoms with van der Waals surface area (Å²) in [4.78, 5) is 0. The van der Waals surface area contributed by atoms with Gasteiger partial charge < -0.3 is 20.9 Å². The van der Waals surface area contributed by atoms with Gasteiger partial charge in [0.25, 0.3) is 0 Å². The van der Waals surface area contributed by atoms with Crippen LogP contribution in [0.5, 0.6) is 5.75 Å². The Kier molecular flexibility index (Phi) is 4.31. The van der Waals surface area contributed by atoms with Crippen LogP contribution in [0.2, 0.25) is 0 Å². The molecule has 100 valence electrons. The number of aliphatic hydroxyl groups is 1. The van der Waals surface area contributed by atoms with Gasteiger partial charge in [0.15, 0.2) is 0 Å². The normalized spacial score (nSPS) is 23.0. The zero-order valence-electron chi connectivity index (χ0n) is 10.9. The molecule has 1 aliphatic rings. The molecule has 0 saturated heterocycles. The van der Waals surface area contributed by atoms with E-state index in [2.05, 4.69) is 5.32 Å². The van der Waals surface area contributed by atoms with E-state index in [9.17, 15) is 5.11 Å². The predicted octanol–water partition coefficient (Wildman–Crippen LogP) is 2.24. The topological polar surface area (TPSA) is 67.5 Å². The zero-order chi connectivity index (χ0) is 13.0. The molecule has 0 heterocycles. The minimum Gasteiger partial charge on any atom is -0.492 e. The van der Waals surface area contributed by atoms with E-state index in [4.69, 9.17) is 10.5 Å². The number of benzene rings is 1. The molecule has 2 atom stereocenters. The molecule has 4 nitrogen and oxygen atoms in total. The summed E-state index contributed by atoms with van der Waals surface area (Å²) in [6.45, 7) is 3.42. The molecule has 1 aromatic rings. The van der Waals surface area contributed by atoms with Gasteiger partial charge in [0.2, 0.25) is 0 Å². The lowest BCUT2D eigenvalue weighted by Gasteiger charge is -2.15. The van der Waals surface area contributed by atoms with Crippen LogP contribution in [0.4, 0.5) is 11.4 Å². The lowest BCUT2D eigenvalue weighted by molar-refractivity contribution is 0.178. The number of hydrogen-bond acceptors (Lipinski definition) is 4. The van der Waals surface area contributed by atoms with Crippen LogP contribution in [0.3, 0.4) is 0 Å². The number of nitrogen functional groups attached to an aromatic ring is 1. The van der Waals surface area contributed by atoms with E-state index in [0.29, 0.717) is 18.2 Å². The van der Waals surface area contributed by atoms with Crippen molar-refractivity contribution in [3.8, 4) is 5.75 Å². The molecule has 0 aliphatic heterocycles. The van der Waals surface area contributed by atoms with E-state index >= 15 is 0 Å². The molecule has 1 fully saturated rings. The van der Waals surface area contributed by atoms with Gasteiger partial charge in [-0.15, -0.1) is 0 Å². The second-order valence-electron chi connectivity index (χ2n) is 4.86. The van der Waals surface area contributed by atoms with Crippen LogP contribution in [-0.4, -0.2) is 24.4 Å². The number of ether oxygens (including phenoxy) is 1. The number of nitrogens with one attached hydrogen (secondary N) is 1. The summed E-state index contributed by atoms with van der Waals surface area (Å²) < 4.78 is 5.46. The van der Waals surface area contributed by atoms with E-state index in [0.717, 1.165) is 37.2 Å². The first-order valence-corrected chi connectivity index (χ1v) is 6.64. The lowest BCUT2D eigenvalue weighted by atomic mass is 10.1. The number of nitrogens with two attached hydrogens (primary N) is 1. The Morgan fingerprint density at radius 1 is 1.44 bits per heavy atom. The van der Waals surface area contributed by atoms with Crippen molar-refractivity contribution in [3.05, 3.63) is 18.2 Å². The smallest absolute Gasteiger partial charge is 0.144 e. The highest BCUT2D eigenvalue weighted by atomic mass is 16.5. The molecule has 4 heteroatoms. The van der Waals surface area contributed by atoms with Crippen molar-refractivity contribution in [3.63, 3.8) is 0 Å². The molecule has 0 amide bonds. The maximum Gasteiger partial charge on any atom is 0.144 e. The fourth-order valence-electron chi connectivity index (χ4n) is 2.47. The third-order valence-electron chi connectivity index (χ3n) is 3.46. The average molecular weight is 250 g/mol. The van der Waals surface area contributed by atoms with Gasteiger partial charge in [0.1, 0.15) is 5.75 Å². The molecule has 1 aliphatic carbocycles. The van der Waals surface area contributed by atoms with Gasteiger partial charge >= 0.3 is 0 Å². The molecule has 0 radical (unpaired) electrons. The molecular formula is C14H22N2O2. The Balaban J connectivity index is 1.94. The quantitative estimate of drug-likeness (QED) is 0.701. The van der Waals surface area contributed by atoms with Crippen LogP contribution in [0.25, 0.3) is 0 Å². The van der Waals surface area contributed by atoms with Crippen LogP contribution in [-0.2, 0) is 0 Å². The van der Waals surface area contributed by atoms with Crippen LogP contribution in [0.15, 0.2) is 18.2 Å². The Morgan fingerprint density at radius 3 is 2.94 bits per heavy atom. The Hall–Kier alpha value is -1.42. The van der Waals surface area contributed by atoms with Crippen molar-refractivity contribution >= 4 is 11.4 Å². The summed E-state index contributed by atoms with van der Waals surface area (Å²) in [5.41, 5.74) is 7.63. The minimum atomic E-state index is -0.121. The average Bonchev–Trinajstić information content (AvgIpc) is 2.77. The lowest BCUT2D eigenvalue weighted by Crippen LogP contribution is -2.13. The third kappa shape index (κ3) is 3.07. The fourth-order valence-corrected chi connectivity index (χ4v) is 2.47. The van der Waals surface area contributed by atoms with Crippen molar-refractivity contribution in [2.75, 3.05) is 24.2 Å². The van der Waals surface area contributed by atoms with Crippen molar-refractivity contribution in [1.82, 2.24) is 0 Å². The van der Waals surface area contributed by atoms with Crippen LogP contribution in [0.1, 0.15) is 26.2 Å². The molecule has 0 aromatic heterocycles. The molecule has 4 N–H and O–H groups in total. The number of aliphatic hydroxyl groups excluding tert-OH is 1. The molecule has 1 aromatic carbocycles. The Bertz CT molecular complexity index is 395. The number of para-hydroxylation sites is 1. The summed E-state index contributed by atoms with van der Waals surface area (Å²) >= 11 is 0. The van der Waals surface area contributed by atoms with Crippen molar-refractivity contribution in [2.45, 2.75) is 32.3 Å². The van der Waals surface area contributed by atoms with Gasteiger partial charge in [0, 0.05) is 6.54 Å². The highest BCUT2D eigenvalue weighted by molar-refractivity contribution is 5.72. The minimum absolute atomic E-state index is 0.121. The second kappa shape index (κ2) is 5.96. The first-order chi connectivity index (χ1) is 8.70. The van der Waals surface area contributed by atoms with E-state index in [1.165, 1.54) is 0 Å². The Morgan fingerprint density at radius 2 is 2.28 bits per heavy atom. The molecule has 0 spiro atoms. The number of rotatable bonds is 5. The third-order valence-corrected chi connectivity index (χ3v) is 3.46. The summed E-state index contributed by atoms with van der Waals surface area (Å²) in [7, 11) is 0. The van der Waals surface area contributed by atoms with Crippen LogP contribution < -0.4 is 15.8 Å². The molecule has 2 rings (SSSR count). The largest absolute Gasteiger partial charge is 0.492 e. The van der Waals surface area contributed by atoms with Crippen molar-refractivity contribution in [2.24, 2.45) is 5.92 Å². The molecular weight excluding hydrogens is 228 g/mol. The predicted molar refractivity (Wildman–Crippen MR) is 73.9 cm³/mol. The van der Waals surface area contributed by atoms with E-state index in [1.54, 1.807) is 0 Å². The summed E-state index contributed by atoms with van der Waals surface area (Å²) in [6.07, 6.45) is 2.77. The zero-order valence-corrected chi connectivity index (χ0v) is 10.9. The van der Waals surface area contributed by atoms with Gasteiger partial charge in [-0.1, -0.05) is 6.07 Å². The summed E-state index contributed by atoms with van der Waals surface area (Å²) in [5.74, 6) is 1.27. The standard InChI is InChI=1S/C14H22N2O2/c1-2-18-13-5-3-4-12(14(13)15)16-9-10-6-7-11(17)8-10/h3-5,10-11,16-17H,2,6-9,15H2,1H3. The molecule has 2 unspecified atom stereocenters. The van der Waals surface area contributed by atoms with E-state index < -0.39 is 0 Å². The van der Waals surface area contributed by atoms with Crippen molar-refractivity contribution in [1.29, 1.82) is 0 Å². The van der Waals surface area contributed by atoms with Gasteiger partial charge in [0.05, 0.1) is 24.1 Å². The van der Waals surface area contributed by atoms with Gasteiger partial charge in [-0.05, 0) is 44.2 Å². The molecule has 0 bridgehead atoms.